The molecule has 0 fully saturated rings. The van der Waals surface area contributed by atoms with E-state index in [-0.39, 0.29) is 37.4 Å². The summed E-state index contributed by atoms with van der Waals surface area (Å²) in [5, 5.41) is 17.6. The summed E-state index contributed by atoms with van der Waals surface area (Å²) in [4.78, 5) is 25.0. The van der Waals surface area contributed by atoms with Gasteiger partial charge in [0.2, 0.25) is 0 Å². The minimum atomic E-state index is -0.730. The minimum absolute atomic E-state index is 0.0197. The van der Waals surface area contributed by atoms with Gasteiger partial charge in [0.15, 0.2) is 0 Å². The summed E-state index contributed by atoms with van der Waals surface area (Å²) >= 11 is 0. The highest BCUT2D eigenvalue weighted by molar-refractivity contribution is 6.15. The number of hydrogen-bond acceptors (Lipinski definition) is 7. The molecule has 7 nitrogen and oxygen atoms in total. The molecule has 0 radical (unpaired) electrons. The minimum Gasteiger partial charge on any atom is -0.462 e. The van der Waals surface area contributed by atoms with Crippen molar-refractivity contribution < 1.29 is 29.3 Å². The molecule has 0 bridgehead atoms. The molecule has 0 saturated carbocycles. The molecular formula is C19H31NO6. The van der Waals surface area contributed by atoms with Gasteiger partial charge < -0.3 is 25.4 Å². The van der Waals surface area contributed by atoms with Crippen LogP contribution in [0.1, 0.15) is 52.4 Å². The van der Waals surface area contributed by atoms with Crippen molar-refractivity contribution in [1.29, 1.82) is 0 Å². The maximum atomic E-state index is 12.5. The Morgan fingerprint density at radius 2 is 1.50 bits per heavy atom. The Kier molecular flexibility index (Phi) is 9.37. The number of rotatable bonds is 10. The van der Waals surface area contributed by atoms with Crippen molar-refractivity contribution in [2.45, 2.75) is 52.4 Å². The van der Waals surface area contributed by atoms with Crippen LogP contribution in [0, 0.1) is 5.41 Å². The summed E-state index contributed by atoms with van der Waals surface area (Å²) in [6.45, 7) is 4.32. The van der Waals surface area contributed by atoms with Gasteiger partial charge in [-0.25, -0.2) is 9.59 Å². The summed E-state index contributed by atoms with van der Waals surface area (Å²) in [6.07, 6.45) is 4.92. The molecule has 0 unspecified atom stereocenters. The number of aliphatic hydroxyl groups excluding tert-OH is 2. The van der Waals surface area contributed by atoms with Crippen LogP contribution in [0.15, 0.2) is 22.9 Å². The number of allylic oxidation sites excluding steroid dienone is 3. The third kappa shape index (κ3) is 7.58. The molecule has 4 N–H and O–H groups in total. The molecule has 1 aliphatic rings. The first-order valence-electron chi connectivity index (χ1n) is 9.06. The summed E-state index contributed by atoms with van der Waals surface area (Å²) in [5.74, 6) is -1.46. The fourth-order valence-corrected chi connectivity index (χ4v) is 2.86. The third-order valence-electron chi connectivity index (χ3n) is 4.01. The van der Waals surface area contributed by atoms with E-state index in [4.69, 9.17) is 25.4 Å². The average Bonchev–Trinajstić information content (AvgIpc) is 2.54. The predicted octanol–water partition coefficient (Wildman–Crippen LogP) is 1.58. The Morgan fingerprint density at radius 1 is 1.00 bits per heavy atom. The number of carbonyl (C=O) groups excluding carboxylic acids is 2. The SMILES string of the molecule is CC1(C)CC(N)=CC(=C(C(=O)OCCCCO)C(=O)OCCCCO)C1. The van der Waals surface area contributed by atoms with Gasteiger partial charge in [0.05, 0.1) is 13.2 Å². The van der Waals surface area contributed by atoms with Crippen molar-refractivity contribution in [3.8, 4) is 0 Å². The first kappa shape index (κ1) is 22.2. The van der Waals surface area contributed by atoms with Crippen molar-refractivity contribution in [2.75, 3.05) is 26.4 Å². The van der Waals surface area contributed by atoms with Crippen molar-refractivity contribution in [3.05, 3.63) is 22.9 Å². The zero-order chi connectivity index (χ0) is 19.6. The van der Waals surface area contributed by atoms with Crippen molar-refractivity contribution in [2.24, 2.45) is 11.1 Å². The molecule has 0 aromatic carbocycles. The number of hydrogen-bond donors (Lipinski definition) is 3. The Labute approximate surface area is 154 Å². The quantitative estimate of drug-likeness (QED) is 0.176. The van der Waals surface area contributed by atoms with Crippen molar-refractivity contribution in [1.82, 2.24) is 0 Å². The molecule has 0 amide bonds. The maximum absolute atomic E-state index is 12.5. The summed E-state index contributed by atoms with van der Waals surface area (Å²) in [5.41, 5.74) is 6.83. The van der Waals surface area contributed by atoms with Crippen LogP contribution in [0.3, 0.4) is 0 Å². The number of unbranched alkanes of at least 4 members (excludes halogenated alkanes) is 2. The second-order valence-electron chi connectivity index (χ2n) is 7.27. The summed E-state index contributed by atoms with van der Waals surface area (Å²) in [7, 11) is 0. The van der Waals surface area contributed by atoms with E-state index in [0.29, 0.717) is 49.8 Å². The third-order valence-corrected chi connectivity index (χ3v) is 4.01. The molecule has 0 spiro atoms. The number of esters is 2. The summed E-state index contributed by atoms with van der Waals surface area (Å²) < 4.78 is 10.4. The molecule has 148 valence electrons. The van der Waals surface area contributed by atoms with Crippen LogP contribution in [0.4, 0.5) is 0 Å². The molecule has 0 aliphatic heterocycles. The van der Waals surface area contributed by atoms with Crippen LogP contribution in [0.5, 0.6) is 0 Å². The van der Waals surface area contributed by atoms with Crippen LogP contribution in [0.2, 0.25) is 0 Å². The van der Waals surface area contributed by atoms with Gasteiger partial charge >= 0.3 is 11.9 Å². The molecule has 0 saturated heterocycles. The topological polar surface area (TPSA) is 119 Å². The first-order valence-corrected chi connectivity index (χ1v) is 9.06. The zero-order valence-electron chi connectivity index (χ0n) is 15.8. The van der Waals surface area contributed by atoms with E-state index in [9.17, 15) is 9.59 Å². The van der Waals surface area contributed by atoms with Gasteiger partial charge in [0, 0.05) is 18.9 Å². The molecule has 0 aromatic rings. The molecule has 0 heterocycles. The highest BCUT2D eigenvalue weighted by atomic mass is 16.6. The number of nitrogens with two attached hydrogens (primary N) is 1. The number of carbonyl (C=O) groups is 2. The number of ether oxygens (including phenoxy) is 2. The fourth-order valence-electron chi connectivity index (χ4n) is 2.86. The lowest BCUT2D eigenvalue weighted by molar-refractivity contribution is -0.147. The van der Waals surface area contributed by atoms with E-state index < -0.39 is 11.9 Å². The Morgan fingerprint density at radius 3 is 1.92 bits per heavy atom. The van der Waals surface area contributed by atoms with Crippen LogP contribution in [-0.4, -0.2) is 48.6 Å². The highest BCUT2D eigenvalue weighted by Gasteiger charge is 2.32. The first-order chi connectivity index (χ1) is 12.3. The van der Waals surface area contributed by atoms with E-state index in [2.05, 4.69) is 0 Å². The van der Waals surface area contributed by atoms with Gasteiger partial charge in [-0.15, -0.1) is 0 Å². The molecule has 7 heteroatoms. The number of aliphatic hydroxyl groups is 2. The average molecular weight is 369 g/mol. The maximum Gasteiger partial charge on any atom is 0.345 e. The lowest BCUT2D eigenvalue weighted by atomic mass is 9.76. The van der Waals surface area contributed by atoms with Gasteiger partial charge in [-0.3, -0.25) is 0 Å². The monoisotopic (exact) mass is 369 g/mol. The lowest BCUT2D eigenvalue weighted by Crippen LogP contribution is -2.26. The predicted molar refractivity (Wildman–Crippen MR) is 96.9 cm³/mol. The Bertz CT molecular complexity index is 524. The normalized spacial score (nSPS) is 16.0. The molecule has 0 atom stereocenters. The second kappa shape index (κ2) is 11.0. The van der Waals surface area contributed by atoms with Gasteiger partial charge in [-0.2, -0.15) is 0 Å². The highest BCUT2D eigenvalue weighted by Crippen LogP contribution is 2.37. The molecule has 0 aromatic heterocycles. The van der Waals surface area contributed by atoms with Crippen LogP contribution >= 0.6 is 0 Å². The van der Waals surface area contributed by atoms with Crippen molar-refractivity contribution in [3.63, 3.8) is 0 Å². The second-order valence-corrected chi connectivity index (χ2v) is 7.27. The standard InChI is InChI=1S/C19H31NO6/c1-19(2)12-14(11-15(20)13-19)16(17(23)25-9-5-3-7-21)18(24)26-10-6-4-8-22/h11,21-22H,3-10,12-13,20H2,1-2H3. The fraction of sp³-hybridized carbons (Fsp3) is 0.684. The van der Waals surface area contributed by atoms with E-state index in [1.54, 1.807) is 6.08 Å². The summed E-state index contributed by atoms with van der Waals surface area (Å²) in [6, 6.07) is 0. The van der Waals surface area contributed by atoms with E-state index in [1.807, 2.05) is 13.8 Å². The van der Waals surface area contributed by atoms with Crippen LogP contribution in [-0.2, 0) is 19.1 Å². The van der Waals surface area contributed by atoms with E-state index >= 15 is 0 Å². The van der Waals surface area contributed by atoms with Crippen molar-refractivity contribution >= 4 is 11.9 Å². The van der Waals surface area contributed by atoms with Crippen LogP contribution in [0.25, 0.3) is 0 Å². The van der Waals surface area contributed by atoms with Gasteiger partial charge in [0.1, 0.15) is 5.57 Å². The largest absolute Gasteiger partial charge is 0.462 e. The van der Waals surface area contributed by atoms with Gasteiger partial charge in [-0.05, 0) is 55.6 Å². The smallest absolute Gasteiger partial charge is 0.345 e. The molecular weight excluding hydrogens is 338 g/mol. The van der Waals surface area contributed by atoms with Gasteiger partial charge in [0.25, 0.3) is 0 Å². The Hall–Kier alpha value is -1.86. The van der Waals surface area contributed by atoms with E-state index in [0.717, 1.165) is 0 Å². The van der Waals surface area contributed by atoms with Gasteiger partial charge in [-0.1, -0.05) is 13.8 Å². The molecule has 26 heavy (non-hydrogen) atoms. The molecule has 1 aliphatic carbocycles. The van der Waals surface area contributed by atoms with E-state index in [1.165, 1.54) is 0 Å². The molecule has 1 rings (SSSR count). The Balaban J connectivity index is 2.97. The lowest BCUT2D eigenvalue weighted by Gasteiger charge is -2.30. The van der Waals surface area contributed by atoms with Crippen LogP contribution < -0.4 is 5.73 Å². The zero-order valence-corrected chi connectivity index (χ0v) is 15.8.